The summed E-state index contributed by atoms with van der Waals surface area (Å²) in [7, 11) is 0. The van der Waals surface area contributed by atoms with Crippen LogP contribution in [0.5, 0.6) is 0 Å². The minimum atomic E-state index is -0.833. The van der Waals surface area contributed by atoms with Crippen molar-refractivity contribution in [2.75, 3.05) is 0 Å². The number of carboxylic acids is 1. The van der Waals surface area contributed by atoms with Crippen LogP contribution >= 0.6 is 0 Å². The van der Waals surface area contributed by atoms with Crippen LogP contribution in [0.1, 0.15) is 23.2 Å². The minimum absolute atomic E-state index is 0.0313. The molecule has 0 aliphatic carbocycles. The van der Waals surface area contributed by atoms with Crippen molar-refractivity contribution < 1.29 is 9.90 Å². The van der Waals surface area contributed by atoms with E-state index < -0.39 is 5.97 Å². The van der Waals surface area contributed by atoms with Gasteiger partial charge in [-0.15, -0.1) is 0 Å². The van der Waals surface area contributed by atoms with Gasteiger partial charge in [-0.3, -0.25) is 19.3 Å². The Bertz CT molecular complexity index is 1370. The van der Waals surface area contributed by atoms with E-state index in [0.29, 0.717) is 17.7 Å². The number of carbonyl (C=O) groups is 1. The second-order valence-corrected chi connectivity index (χ2v) is 7.77. The first-order chi connectivity index (χ1) is 15.9. The molecule has 7 heteroatoms. The first-order valence-corrected chi connectivity index (χ1v) is 10.5. The van der Waals surface area contributed by atoms with E-state index in [0.717, 1.165) is 28.2 Å². The van der Waals surface area contributed by atoms with Gasteiger partial charge in [0.05, 0.1) is 17.1 Å². The van der Waals surface area contributed by atoms with Gasteiger partial charge in [0.25, 0.3) is 0 Å². The summed E-state index contributed by atoms with van der Waals surface area (Å²) in [5.41, 5.74) is 10.7. The van der Waals surface area contributed by atoms with Gasteiger partial charge in [-0.1, -0.05) is 42.5 Å². The minimum Gasteiger partial charge on any atom is -0.481 e. The van der Waals surface area contributed by atoms with Crippen LogP contribution in [0.15, 0.2) is 83.7 Å². The SMILES string of the molecule is Cc1c(-c2ccc(CCC(=O)O)cc2)n(-c2ccccc2)c(=O)n1-c1ccc(C(=N)N)cc1. The average molecular weight is 441 g/mol. The first-order valence-electron chi connectivity index (χ1n) is 10.5. The molecule has 0 aliphatic heterocycles. The van der Waals surface area contributed by atoms with Crippen molar-refractivity contribution in [2.45, 2.75) is 19.8 Å². The van der Waals surface area contributed by atoms with Crippen LogP contribution in [0.3, 0.4) is 0 Å². The molecule has 0 spiro atoms. The molecule has 1 heterocycles. The maximum absolute atomic E-state index is 13.6. The summed E-state index contributed by atoms with van der Waals surface area (Å²) in [4.78, 5) is 24.5. The Morgan fingerprint density at radius 2 is 1.52 bits per heavy atom. The zero-order valence-electron chi connectivity index (χ0n) is 18.2. The highest BCUT2D eigenvalue weighted by atomic mass is 16.4. The fraction of sp³-hybridized carbons (Fsp3) is 0.115. The highest BCUT2D eigenvalue weighted by molar-refractivity contribution is 5.95. The lowest BCUT2D eigenvalue weighted by atomic mass is 10.0. The normalized spacial score (nSPS) is 10.8. The van der Waals surface area contributed by atoms with Crippen LogP contribution in [0, 0.1) is 12.3 Å². The van der Waals surface area contributed by atoms with Crippen LogP contribution in [0.2, 0.25) is 0 Å². The summed E-state index contributed by atoms with van der Waals surface area (Å²) in [6.45, 7) is 1.90. The van der Waals surface area contributed by atoms with Crippen molar-refractivity contribution in [3.63, 3.8) is 0 Å². The zero-order chi connectivity index (χ0) is 23.5. The molecule has 4 rings (SSSR count). The molecule has 0 saturated carbocycles. The summed E-state index contributed by atoms with van der Waals surface area (Å²) in [5.74, 6) is -0.864. The summed E-state index contributed by atoms with van der Waals surface area (Å²) in [6.07, 6.45) is 0.517. The molecule has 166 valence electrons. The van der Waals surface area contributed by atoms with E-state index in [1.165, 1.54) is 0 Å². The van der Waals surface area contributed by atoms with Crippen LogP contribution in [-0.2, 0) is 11.2 Å². The van der Waals surface area contributed by atoms with Gasteiger partial charge in [0.1, 0.15) is 5.84 Å². The molecule has 4 N–H and O–H groups in total. The van der Waals surface area contributed by atoms with Crippen molar-refractivity contribution in [3.05, 3.63) is 106 Å². The number of nitrogens with zero attached hydrogens (tertiary/aromatic N) is 2. The smallest absolute Gasteiger partial charge is 0.338 e. The number of carboxylic acid groups (broad SMARTS) is 1. The van der Waals surface area contributed by atoms with Crippen molar-refractivity contribution in [3.8, 4) is 22.6 Å². The molecule has 0 radical (unpaired) electrons. The van der Waals surface area contributed by atoms with Gasteiger partial charge in [-0.25, -0.2) is 4.79 Å². The van der Waals surface area contributed by atoms with Crippen LogP contribution in [0.4, 0.5) is 0 Å². The number of benzene rings is 3. The summed E-state index contributed by atoms with van der Waals surface area (Å²) >= 11 is 0. The van der Waals surface area contributed by atoms with Gasteiger partial charge < -0.3 is 10.8 Å². The Morgan fingerprint density at radius 1 is 0.909 bits per heavy atom. The van der Waals surface area contributed by atoms with Gasteiger partial charge in [0, 0.05) is 23.2 Å². The molecule has 0 unspecified atom stereocenters. The third-order valence-corrected chi connectivity index (χ3v) is 5.59. The fourth-order valence-corrected chi connectivity index (χ4v) is 3.94. The van der Waals surface area contributed by atoms with Gasteiger partial charge in [0.2, 0.25) is 0 Å². The molecular formula is C26H24N4O3. The number of hydrogen-bond donors (Lipinski definition) is 3. The topological polar surface area (TPSA) is 114 Å². The number of aliphatic carboxylic acids is 1. The van der Waals surface area contributed by atoms with E-state index in [2.05, 4.69) is 0 Å². The van der Waals surface area contributed by atoms with Crippen molar-refractivity contribution in [1.29, 1.82) is 5.41 Å². The number of imidazole rings is 1. The van der Waals surface area contributed by atoms with E-state index >= 15 is 0 Å². The molecular weight excluding hydrogens is 416 g/mol. The molecule has 0 atom stereocenters. The van der Waals surface area contributed by atoms with E-state index in [-0.39, 0.29) is 17.9 Å². The molecule has 33 heavy (non-hydrogen) atoms. The number of aryl methyl sites for hydroxylation is 1. The third-order valence-electron chi connectivity index (χ3n) is 5.59. The number of aromatic nitrogens is 2. The molecule has 0 aliphatic rings. The zero-order valence-corrected chi connectivity index (χ0v) is 18.2. The lowest BCUT2D eigenvalue weighted by Gasteiger charge is -2.10. The summed E-state index contributed by atoms with van der Waals surface area (Å²) in [5, 5.41) is 16.5. The molecule has 0 amide bonds. The maximum atomic E-state index is 13.6. The number of nitrogen functional groups attached to an aromatic ring is 1. The number of nitrogens with one attached hydrogen (secondary N) is 1. The molecule has 0 bridgehead atoms. The predicted molar refractivity (Wildman–Crippen MR) is 129 cm³/mol. The van der Waals surface area contributed by atoms with E-state index in [1.54, 1.807) is 33.4 Å². The Kier molecular flexibility index (Phi) is 5.95. The average Bonchev–Trinajstić information content (AvgIpc) is 3.08. The van der Waals surface area contributed by atoms with Crippen LogP contribution in [-0.4, -0.2) is 26.0 Å². The summed E-state index contributed by atoms with van der Waals surface area (Å²) in [6, 6.07) is 24.1. The Balaban J connectivity index is 1.87. The quantitative estimate of drug-likeness (QED) is 0.299. The molecule has 0 saturated heterocycles. The highest BCUT2D eigenvalue weighted by Crippen LogP contribution is 2.28. The number of rotatable bonds is 7. The van der Waals surface area contributed by atoms with Crippen LogP contribution < -0.4 is 11.4 Å². The van der Waals surface area contributed by atoms with Crippen molar-refractivity contribution >= 4 is 11.8 Å². The number of hydrogen-bond acceptors (Lipinski definition) is 3. The monoisotopic (exact) mass is 440 g/mol. The Hall–Kier alpha value is -4.39. The van der Waals surface area contributed by atoms with Crippen molar-refractivity contribution in [1.82, 2.24) is 9.13 Å². The van der Waals surface area contributed by atoms with E-state index in [1.807, 2.05) is 61.5 Å². The van der Waals surface area contributed by atoms with E-state index in [9.17, 15) is 9.59 Å². The largest absolute Gasteiger partial charge is 0.481 e. The van der Waals surface area contributed by atoms with E-state index in [4.69, 9.17) is 16.2 Å². The van der Waals surface area contributed by atoms with Crippen molar-refractivity contribution in [2.24, 2.45) is 5.73 Å². The van der Waals surface area contributed by atoms with Crippen LogP contribution in [0.25, 0.3) is 22.6 Å². The number of amidine groups is 1. The van der Waals surface area contributed by atoms with Gasteiger partial charge in [-0.05, 0) is 55.3 Å². The maximum Gasteiger partial charge on any atom is 0.338 e. The number of para-hydroxylation sites is 1. The predicted octanol–water partition coefficient (Wildman–Crippen LogP) is 3.90. The van der Waals surface area contributed by atoms with Gasteiger partial charge in [-0.2, -0.15) is 0 Å². The second-order valence-electron chi connectivity index (χ2n) is 7.77. The van der Waals surface area contributed by atoms with Gasteiger partial charge in [0.15, 0.2) is 0 Å². The summed E-state index contributed by atoms with van der Waals surface area (Å²) < 4.78 is 3.32. The third kappa shape index (κ3) is 4.34. The lowest BCUT2D eigenvalue weighted by molar-refractivity contribution is -0.136. The molecule has 3 aromatic carbocycles. The van der Waals surface area contributed by atoms with Gasteiger partial charge >= 0.3 is 11.7 Å². The highest BCUT2D eigenvalue weighted by Gasteiger charge is 2.20. The molecule has 1 aromatic heterocycles. The Labute approximate surface area is 190 Å². The molecule has 7 nitrogen and oxygen atoms in total. The number of nitrogens with two attached hydrogens (primary N) is 1. The lowest BCUT2D eigenvalue weighted by Crippen LogP contribution is -2.23. The first kappa shape index (κ1) is 21.8. The molecule has 4 aromatic rings. The molecule has 0 fully saturated rings. The second kappa shape index (κ2) is 9.00. The Morgan fingerprint density at radius 3 is 2.09 bits per heavy atom. The fourth-order valence-electron chi connectivity index (χ4n) is 3.94. The standard InChI is InChI=1S/C26H24N4O3/c1-17-24(19-10-7-18(8-11-19)9-16-23(31)32)30(21-5-3-2-4-6-21)26(33)29(17)22-14-12-20(13-15-22)25(27)28/h2-8,10-15H,9,16H2,1H3,(H3,27,28)(H,31,32).